The highest BCUT2D eigenvalue weighted by Crippen LogP contribution is 2.36. The highest BCUT2D eigenvalue weighted by atomic mass is 16.2. The Kier molecular flexibility index (Phi) is 4.96. The molecule has 0 radical (unpaired) electrons. The van der Waals surface area contributed by atoms with Crippen molar-refractivity contribution in [1.29, 1.82) is 0 Å². The van der Waals surface area contributed by atoms with Gasteiger partial charge in [-0.15, -0.1) is 0 Å². The van der Waals surface area contributed by atoms with Crippen molar-refractivity contribution in [2.75, 3.05) is 7.05 Å². The third-order valence-corrected chi connectivity index (χ3v) is 4.56. The van der Waals surface area contributed by atoms with Crippen LogP contribution in [0.4, 0.5) is 0 Å². The minimum atomic E-state index is -0.308. The predicted octanol–water partition coefficient (Wildman–Crippen LogP) is 2.09. The summed E-state index contributed by atoms with van der Waals surface area (Å²) in [6.07, 6.45) is 6.64. The van der Waals surface area contributed by atoms with Crippen molar-refractivity contribution in [3.8, 4) is 0 Å². The fourth-order valence-electron chi connectivity index (χ4n) is 2.95. The molecule has 21 heavy (non-hydrogen) atoms. The number of pyridine rings is 1. The number of nitrogen functional groups attached to an aromatic ring is 1. The number of nitrogens with zero attached hydrogens (tertiary/aromatic N) is 2. The maximum absolute atomic E-state index is 11.4. The van der Waals surface area contributed by atoms with Crippen molar-refractivity contribution >= 4 is 5.91 Å². The highest BCUT2D eigenvalue weighted by molar-refractivity contribution is 5.93. The number of aromatic nitrogens is 1. The van der Waals surface area contributed by atoms with E-state index in [0.29, 0.717) is 17.0 Å². The Hall–Kier alpha value is -1.46. The smallest absolute Gasteiger partial charge is 0.266 e. The molecule has 0 atom stereocenters. The SMILES string of the molecule is CN(Cc1ccc(C(=O)NN)cn1)C1CCC(C)(C)CC1. The fraction of sp³-hybridized carbons (Fsp3) is 0.625. The quantitative estimate of drug-likeness (QED) is 0.506. The minimum absolute atomic E-state index is 0.308. The summed E-state index contributed by atoms with van der Waals surface area (Å²) >= 11 is 0. The van der Waals surface area contributed by atoms with Gasteiger partial charge in [-0.1, -0.05) is 13.8 Å². The zero-order chi connectivity index (χ0) is 15.5. The lowest BCUT2D eigenvalue weighted by Gasteiger charge is -2.38. The van der Waals surface area contributed by atoms with Crippen LogP contribution in [0.5, 0.6) is 0 Å². The molecule has 116 valence electrons. The second-order valence-electron chi connectivity index (χ2n) is 6.82. The molecule has 0 aliphatic heterocycles. The van der Waals surface area contributed by atoms with E-state index in [4.69, 9.17) is 5.84 Å². The first kappa shape index (κ1) is 15.9. The van der Waals surface area contributed by atoms with E-state index >= 15 is 0 Å². The van der Waals surface area contributed by atoms with Gasteiger partial charge in [0.15, 0.2) is 0 Å². The molecule has 0 spiro atoms. The topological polar surface area (TPSA) is 71.2 Å². The number of nitrogens with two attached hydrogens (primary N) is 1. The first-order chi connectivity index (χ1) is 9.91. The number of hydrogen-bond acceptors (Lipinski definition) is 4. The molecule has 5 heteroatoms. The van der Waals surface area contributed by atoms with E-state index in [9.17, 15) is 4.79 Å². The van der Waals surface area contributed by atoms with Crippen LogP contribution in [-0.4, -0.2) is 28.9 Å². The molecule has 0 unspecified atom stereocenters. The monoisotopic (exact) mass is 290 g/mol. The maximum Gasteiger partial charge on any atom is 0.266 e. The van der Waals surface area contributed by atoms with E-state index in [2.05, 4.69) is 36.2 Å². The van der Waals surface area contributed by atoms with Gasteiger partial charge in [0.1, 0.15) is 0 Å². The minimum Gasteiger partial charge on any atom is -0.298 e. The Labute approximate surface area is 126 Å². The van der Waals surface area contributed by atoms with Crippen LogP contribution in [0.1, 0.15) is 55.6 Å². The third kappa shape index (κ3) is 4.25. The van der Waals surface area contributed by atoms with Crippen molar-refractivity contribution in [2.24, 2.45) is 11.3 Å². The van der Waals surface area contributed by atoms with Gasteiger partial charge in [-0.05, 0) is 50.3 Å². The summed E-state index contributed by atoms with van der Waals surface area (Å²) in [5, 5.41) is 0. The summed E-state index contributed by atoms with van der Waals surface area (Å²) in [5.74, 6) is 4.80. The van der Waals surface area contributed by atoms with Crippen molar-refractivity contribution in [3.05, 3.63) is 29.6 Å². The molecule has 1 heterocycles. The highest BCUT2D eigenvalue weighted by Gasteiger charge is 2.28. The van der Waals surface area contributed by atoms with Gasteiger partial charge in [0.05, 0.1) is 11.3 Å². The molecule has 0 bridgehead atoms. The summed E-state index contributed by atoms with van der Waals surface area (Å²) in [5.41, 5.74) is 4.08. The second-order valence-corrected chi connectivity index (χ2v) is 6.82. The molecule has 1 saturated carbocycles. The standard InChI is InChI=1S/C16H26N4O/c1-16(2)8-6-14(7-9-16)20(3)11-13-5-4-12(10-18-13)15(21)19-17/h4-5,10,14H,6-9,11,17H2,1-3H3,(H,19,21). The summed E-state index contributed by atoms with van der Waals surface area (Å²) in [4.78, 5) is 18.1. The number of carbonyl (C=O) groups excluding carboxylic acids is 1. The average molecular weight is 290 g/mol. The number of nitrogens with one attached hydrogen (secondary N) is 1. The molecular formula is C16H26N4O. The molecule has 2 rings (SSSR count). The van der Waals surface area contributed by atoms with Crippen LogP contribution in [0.15, 0.2) is 18.3 Å². The Bertz CT molecular complexity index is 474. The molecule has 1 aliphatic carbocycles. The van der Waals surface area contributed by atoms with Gasteiger partial charge in [-0.25, -0.2) is 5.84 Å². The van der Waals surface area contributed by atoms with Crippen molar-refractivity contribution in [1.82, 2.24) is 15.3 Å². The molecule has 3 N–H and O–H groups in total. The maximum atomic E-state index is 11.4. The molecular weight excluding hydrogens is 264 g/mol. The zero-order valence-corrected chi connectivity index (χ0v) is 13.2. The Morgan fingerprint density at radius 2 is 2.10 bits per heavy atom. The second kappa shape index (κ2) is 6.54. The summed E-state index contributed by atoms with van der Waals surface area (Å²) in [6, 6.07) is 4.29. The zero-order valence-electron chi connectivity index (χ0n) is 13.2. The molecule has 1 aliphatic rings. The number of hydrazine groups is 1. The van der Waals surface area contributed by atoms with Crippen LogP contribution in [0.3, 0.4) is 0 Å². The molecule has 0 saturated heterocycles. The first-order valence-corrected chi connectivity index (χ1v) is 7.57. The predicted molar refractivity (Wildman–Crippen MR) is 83.4 cm³/mol. The van der Waals surface area contributed by atoms with Gasteiger partial charge in [-0.3, -0.25) is 20.1 Å². The summed E-state index contributed by atoms with van der Waals surface area (Å²) in [6.45, 7) is 5.52. The number of amides is 1. The Morgan fingerprint density at radius 1 is 1.43 bits per heavy atom. The average Bonchev–Trinajstić information content (AvgIpc) is 2.47. The van der Waals surface area contributed by atoms with Gasteiger partial charge in [-0.2, -0.15) is 0 Å². The van der Waals surface area contributed by atoms with E-state index in [1.54, 1.807) is 12.3 Å². The molecule has 0 aromatic carbocycles. The van der Waals surface area contributed by atoms with Crippen LogP contribution < -0.4 is 11.3 Å². The molecule has 5 nitrogen and oxygen atoms in total. The summed E-state index contributed by atoms with van der Waals surface area (Å²) in [7, 11) is 2.16. The molecule has 1 amide bonds. The Morgan fingerprint density at radius 3 is 2.62 bits per heavy atom. The normalized spacial score (nSPS) is 18.7. The van der Waals surface area contributed by atoms with Crippen molar-refractivity contribution < 1.29 is 4.79 Å². The first-order valence-electron chi connectivity index (χ1n) is 7.57. The van der Waals surface area contributed by atoms with Gasteiger partial charge in [0.2, 0.25) is 0 Å². The molecule has 1 fully saturated rings. The summed E-state index contributed by atoms with van der Waals surface area (Å²) < 4.78 is 0. The van der Waals surface area contributed by atoms with E-state index in [-0.39, 0.29) is 5.91 Å². The number of hydrogen-bond donors (Lipinski definition) is 2. The van der Waals surface area contributed by atoms with Crippen LogP contribution >= 0.6 is 0 Å². The van der Waals surface area contributed by atoms with Gasteiger partial charge in [0, 0.05) is 18.8 Å². The van der Waals surface area contributed by atoms with Gasteiger partial charge in [0.25, 0.3) is 5.91 Å². The largest absolute Gasteiger partial charge is 0.298 e. The van der Waals surface area contributed by atoms with Gasteiger partial charge < -0.3 is 0 Å². The lowest BCUT2D eigenvalue weighted by Crippen LogP contribution is -2.37. The lowest BCUT2D eigenvalue weighted by atomic mass is 9.75. The van der Waals surface area contributed by atoms with E-state index in [1.165, 1.54) is 25.7 Å². The van der Waals surface area contributed by atoms with Crippen LogP contribution in [-0.2, 0) is 6.54 Å². The van der Waals surface area contributed by atoms with E-state index in [0.717, 1.165) is 12.2 Å². The number of rotatable bonds is 4. The van der Waals surface area contributed by atoms with Crippen LogP contribution in [0.2, 0.25) is 0 Å². The van der Waals surface area contributed by atoms with E-state index in [1.807, 2.05) is 6.07 Å². The third-order valence-electron chi connectivity index (χ3n) is 4.56. The molecule has 1 aromatic rings. The lowest BCUT2D eigenvalue weighted by molar-refractivity contribution is 0.0953. The fourth-order valence-corrected chi connectivity index (χ4v) is 2.95. The van der Waals surface area contributed by atoms with Crippen molar-refractivity contribution in [2.45, 2.75) is 52.1 Å². The van der Waals surface area contributed by atoms with Gasteiger partial charge >= 0.3 is 0 Å². The molecule has 1 aromatic heterocycles. The van der Waals surface area contributed by atoms with Crippen LogP contribution in [0, 0.1) is 5.41 Å². The Balaban J connectivity index is 1.91. The van der Waals surface area contributed by atoms with Crippen LogP contribution in [0.25, 0.3) is 0 Å². The van der Waals surface area contributed by atoms with E-state index < -0.39 is 0 Å². The van der Waals surface area contributed by atoms with Crippen molar-refractivity contribution in [3.63, 3.8) is 0 Å². The number of carbonyl (C=O) groups is 1.